The first-order chi connectivity index (χ1) is 15.7. The first-order valence-electron chi connectivity index (χ1n) is 11.7. The Morgan fingerprint density at radius 1 is 1.03 bits per heavy atom. The Morgan fingerprint density at radius 3 is 2.50 bits per heavy atom. The van der Waals surface area contributed by atoms with E-state index in [0.29, 0.717) is 5.91 Å². The number of nitrogens with one attached hydrogen (secondary N) is 2. The number of aromatic nitrogens is 2. The molecule has 1 amide bonds. The zero-order valence-electron chi connectivity index (χ0n) is 18.8. The van der Waals surface area contributed by atoms with Gasteiger partial charge in [0.2, 0.25) is 5.91 Å². The Hall–Kier alpha value is -3.06. The number of carbonyl (C=O) groups is 1. The molecule has 7 nitrogen and oxygen atoms in total. The number of carbonyl (C=O) groups excluding carboxylic acids is 1. The summed E-state index contributed by atoms with van der Waals surface area (Å²) in [6.07, 6.45) is 7.32. The minimum absolute atomic E-state index is 0.285. The van der Waals surface area contributed by atoms with E-state index in [4.69, 9.17) is 0 Å². The van der Waals surface area contributed by atoms with Crippen molar-refractivity contribution < 1.29 is 4.79 Å². The monoisotopic (exact) mass is 432 g/mol. The van der Waals surface area contributed by atoms with Gasteiger partial charge in [0.25, 0.3) is 0 Å². The van der Waals surface area contributed by atoms with Crippen LogP contribution in [0, 0.1) is 5.92 Å². The van der Waals surface area contributed by atoms with Gasteiger partial charge in [0.05, 0.1) is 11.2 Å². The summed E-state index contributed by atoms with van der Waals surface area (Å²) < 4.78 is 1.97. The molecule has 0 radical (unpaired) electrons. The van der Waals surface area contributed by atoms with Crippen LogP contribution in [0.5, 0.6) is 0 Å². The molecule has 1 aromatic carbocycles. The zero-order chi connectivity index (χ0) is 21.9. The van der Waals surface area contributed by atoms with Gasteiger partial charge in [-0.3, -0.25) is 4.79 Å². The third kappa shape index (κ3) is 4.17. The van der Waals surface area contributed by atoms with Crippen LogP contribution in [0.2, 0.25) is 0 Å². The summed E-state index contributed by atoms with van der Waals surface area (Å²) >= 11 is 0. The number of hydrogen-bond acceptors (Lipinski definition) is 5. The summed E-state index contributed by atoms with van der Waals surface area (Å²) in [4.78, 5) is 17.0. The number of likely N-dealkylation sites (N-methyl/N-ethyl adjacent to an activating group) is 1. The van der Waals surface area contributed by atoms with Crippen molar-refractivity contribution >= 4 is 22.8 Å². The molecular weight excluding hydrogens is 400 g/mol. The second-order valence-electron chi connectivity index (χ2n) is 8.82. The van der Waals surface area contributed by atoms with Crippen molar-refractivity contribution in [3.8, 4) is 11.1 Å². The average Bonchev–Trinajstić information content (AvgIpc) is 3.23. The molecule has 0 bridgehead atoms. The molecule has 7 heteroatoms. The Bertz CT molecular complexity index is 1060. The van der Waals surface area contributed by atoms with Gasteiger partial charge in [-0.25, -0.2) is 4.52 Å². The normalized spacial score (nSPS) is 16.9. The van der Waals surface area contributed by atoms with E-state index in [1.807, 2.05) is 17.8 Å². The number of nitrogens with zero attached hydrogens (tertiary/aromatic N) is 4. The standard InChI is InChI=1S/C25H32N6O/c1-26-11-12-27-22-7-5-19(6-8-22)21-17-24-23(9-10-28-31(24)18-21)29-13-15-30(16-14-29)25(32)20-3-2-4-20/h5-10,17-18,20,26-27H,2-4,11-16H2,1H3. The molecule has 5 rings (SSSR count). The van der Waals surface area contributed by atoms with Crippen LogP contribution in [-0.4, -0.2) is 66.7 Å². The lowest BCUT2D eigenvalue weighted by Crippen LogP contribution is -2.51. The Balaban J connectivity index is 1.30. The number of hydrogen-bond donors (Lipinski definition) is 2. The van der Waals surface area contributed by atoms with Crippen molar-refractivity contribution in [1.82, 2.24) is 19.8 Å². The second kappa shape index (κ2) is 9.20. The largest absolute Gasteiger partial charge is 0.384 e. The maximum absolute atomic E-state index is 12.6. The maximum Gasteiger partial charge on any atom is 0.225 e. The van der Waals surface area contributed by atoms with Crippen molar-refractivity contribution in [3.05, 3.63) is 48.8 Å². The number of anilines is 2. The highest BCUT2D eigenvalue weighted by Crippen LogP contribution is 2.31. The molecule has 0 atom stereocenters. The topological polar surface area (TPSA) is 64.9 Å². The summed E-state index contributed by atoms with van der Waals surface area (Å²) in [6.45, 7) is 5.18. The van der Waals surface area contributed by atoms with E-state index >= 15 is 0 Å². The minimum Gasteiger partial charge on any atom is -0.384 e. The van der Waals surface area contributed by atoms with Crippen LogP contribution in [0.4, 0.5) is 11.4 Å². The van der Waals surface area contributed by atoms with Crippen LogP contribution in [0.1, 0.15) is 19.3 Å². The molecule has 1 saturated heterocycles. The lowest BCUT2D eigenvalue weighted by atomic mass is 9.84. The highest BCUT2D eigenvalue weighted by molar-refractivity contribution is 5.82. The van der Waals surface area contributed by atoms with Crippen molar-refractivity contribution in [2.45, 2.75) is 19.3 Å². The van der Waals surface area contributed by atoms with Gasteiger partial charge in [0.1, 0.15) is 0 Å². The van der Waals surface area contributed by atoms with Gasteiger partial charge < -0.3 is 20.4 Å². The molecule has 168 valence electrons. The van der Waals surface area contributed by atoms with Crippen LogP contribution in [-0.2, 0) is 4.79 Å². The molecule has 1 aliphatic heterocycles. The van der Waals surface area contributed by atoms with Crippen molar-refractivity contribution in [3.63, 3.8) is 0 Å². The fourth-order valence-electron chi connectivity index (χ4n) is 4.62. The van der Waals surface area contributed by atoms with E-state index in [-0.39, 0.29) is 5.92 Å². The molecule has 1 saturated carbocycles. The lowest BCUT2D eigenvalue weighted by Gasteiger charge is -2.39. The predicted molar refractivity (Wildman–Crippen MR) is 129 cm³/mol. The highest BCUT2D eigenvalue weighted by Gasteiger charge is 2.31. The lowest BCUT2D eigenvalue weighted by molar-refractivity contribution is -0.138. The molecule has 3 heterocycles. The molecule has 0 spiro atoms. The van der Waals surface area contributed by atoms with Gasteiger partial charge >= 0.3 is 0 Å². The van der Waals surface area contributed by atoms with Crippen LogP contribution in [0.25, 0.3) is 16.6 Å². The number of benzene rings is 1. The van der Waals surface area contributed by atoms with E-state index in [1.54, 1.807) is 0 Å². The van der Waals surface area contributed by atoms with Crippen LogP contribution >= 0.6 is 0 Å². The molecule has 2 aromatic heterocycles. The molecule has 3 aromatic rings. The quantitative estimate of drug-likeness (QED) is 0.562. The Morgan fingerprint density at radius 2 is 1.81 bits per heavy atom. The van der Waals surface area contributed by atoms with Crippen LogP contribution in [0.3, 0.4) is 0 Å². The molecule has 2 fully saturated rings. The summed E-state index contributed by atoms with van der Waals surface area (Å²) in [5.41, 5.74) is 5.76. The third-order valence-corrected chi connectivity index (χ3v) is 6.80. The number of fused-ring (bicyclic) bond motifs is 1. The number of rotatable bonds is 7. The first kappa shape index (κ1) is 20.8. The van der Waals surface area contributed by atoms with Crippen LogP contribution in [0.15, 0.2) is 48.8 Å². The smallest absolute Gasteiger partial charge is 0.225 e. The average molecular weight is 433 g/mol. The van der Waals surface area contributed by atoms with E-state index < -0.39 is 0 Å². The molecule has 0 unspecified atom stereocenters. The fourth-order valence-corrected chi connectivity index (χ4v) is 4.62. The van der Waals surface area contributed by atoms with E-state index in [9.17, 15) is 4.79 Å². The van der Waals surface area contributed by atoms with E-state index in [1.165, 1.54) is 17.7 Å². The molecule has 2 N–H and O–H groups in total. The minimum atomic E-state index is 0.285. The van der Waals surface area contributed by atoms with Gasteiger partial charge in [-0.2, -0.15) is 5.10 Å². The highest BCUT2D eigenvalue weighted by atomic mass is 16.2. The zero-order valence-corrected chi connectivity index (χ0v) is 18.8. The summed E-state index contributed by atoms with van der Waals surface area (Å²) in [6, 6.07) is 12.9. The van der Waals surface area contributed by atoms with Gasteiger partial charge in [-0.1, -0.05) is 18.6 Å². The molecule has 2 aliphatic rings. The second-order valence-corrected chi connectivity index (χ2v) is 8.82. The first-order valence-corrected chi connectivity index (χ1v) is 11.7. The third-order valence-electron chi connectivity index (χ3n) is 6.80. The van der Waals surface area contributed by atoms with Gasteiger partial charge in [-0.15, -0.1) is 0 Å². The molecule has 32 heavy (non-hydrogen) atoms. The predicted octanol–water partition coefficient (Wildman–Crippen LogP) is 3.08. The fraction of sp³-hybridized carbons (Fsp3) is 0.440. The van der Waals surface area contributed by atoms with Gasteiger partial charge in [0.15, 0.2) is 0 Å². The van der Waals surface area contributed by atoms with E-state index in [0.717, 1.165) is 68.9 Å². The maximum atomic E-state index is 12.6. The number of piperazine rings is 1. The summed E-state index contributed by atoms with van der Waals surface area (Å²) in [5.74, 6) is 0.650. The summed E-state index contributed by atoms with van der Waals surface area (Å²) in [5, 5.41) is 11.1. The van der Waals surface area contributed by atoms with Crippen molar-refractivity contribution in [2.24, 2.45) is 5.92 Å². The van der Waals surface area contributed by atoms with Gasteiger partial charge in [0, 0.05) is 68.8 Å². The molecule has 1 aliphatic carbocycles. The van der Waals surface area contributed by atoms with Crippen molar-refractivity contribution in [1.29, 1.82) is 0 Å². The Labute approximate surface area is 189 Å². The Kier molecular flexibility index (Phi) is 5.99. The molecular formula is C25H32N6O. The van der Waals surface area contributed by atoms with E-state index in [2.05, 4.69) is 68.1 Å². The number of amides is 1. The van der Waals surface area contributed by atoms with Gasteiger partial charge in [-0.05, 0) is 49.7 Å². The SMILES string of the molecule is CNCCNc1ccc(-c2cc3c(N4CCN(C(=O)C5CCC5)CC4)ccnn3c2)cc1. The summed E-state index contributed by atoms with van der Waals surface area (Å²) in [7, 11) is 1.96. The van der Waals surface area contributed by atoms with Crippen molar-refractivity contribution in [2.75, 3.05) is 56.5 Å². The van der Waals surface area contributed by atoms with Crippen LogP contribution < -0.4 is 15.5 Å².